The van der Waals surface area contributed by atoms with Gasteiger partial charge in [0.05, 0.1) is 7.11 Å². The largest absolute Gasteiger partial charge is 0.496 e. The summed E-state index contributed by atoms with van der Waals surface area (Å²) in [6.07, 6.45) is 1.61. The van der Waals surface area contributed by atoms with Gasteiger partial charge in [-0.1, -0.05) is 18.2 Å². The SMILES string of the molecule is COc1ccccc1COC(=O)c1cc(C(C)=O)cn1C. The minimum Gasteiger partial charge on any atom is -0.496 e. The Hall–Kier alpha value is -2.56. The van der Waals surface area contributed by atoms with Gasteiger partial charge >= 0.3 is 5.97 Å². The van der Waals surface area contributed by atoms with Gasteiger partial charge in [0.2, 0.25) is 0 Å². The topological polar surface area (TPSA) is 57.5 Å². The van der Waals surface area contributed by atoms with Gasteiger partial charge in [0.25, 0.3) is 0 Å². The number of rotatable bonds is 5. The fourth-order valence-corrected chi connectivity index (χ4v) is 2.00. The van der Waals surface area contributed by atoms with Crippen LogP contribution in [0.2, 0.25) is 0 Å². The molecule has 0 saturated heterocycles. The number of hydrogen-bond acceptors (Lipinski definition) is 4. The first-order chi connectivity index (χ1) is 10.0. The maximum Gasteiger partial charge on any atom is 0.355 e. The van der Waals surface area contributed by atoms with Gasteiger partial charge in [0.15, 0.2) is 5.78 Å². The van der Waals surface area contributed by atoms with Gasteiger partial charge in [-0.2, -0.15) is 0 Å². The van der Waals surface area contributed by atoms with Crippen molar-refractivity contribution >= 4 is 11.8 Å². The van der Waals surface area contributed by atoms with Crippen LogP contribution in [-0.2, 0) is 18.4 Å². The molecule has 2 aromatic rings. The van der Waals surface area contributed by atoms with Crippen LogP contribution < -0.4 is 4.74 Å². The molecule has 0 unspecified atom stereocenters. The maximum absolute atomic E-state index is 12.1. The van der Waals surface area contributed by atoms with E-state index in [4.69, 9.17) is 9.47 Å². The van der Waals surface area contributed by atoms with Crippen molar-refractivity contribution in [2.24, 2.45) is 7.05 Å². The average Bonchev–Trinajstić information content (AvgIpc) is 2.87. The Bertz CT molecular complexity index is 673. The number of benzene rings is 1. The molecule has 5 heteroatoms. The monoisotopic (exact) mass is 287 g/mol. The number of aromatic nitrogens is 1. The van der Waals surface area contributed by atoms with Crippen LogP contribution in [0.15, 0.2) is 36.5 Å². The van der Waals surface area contributed by atoms with Gasteiger partial charge < -0.3 is 14.0 Å². The molecule has 110 valence electrons. The highest BCUT2D eigenvalue weighted by Crippen LogP contribution is 2.19. The predicted octanol–water partition coefficient (Wildman–Crippen LogP) is 2.59. The summed E-state index contributed by atoms with van der Waals surface area (Å²) in [5.41, 5.74) is 1.62. The summed E-state index contributed by atoms with van der Waals surface area (Å²) in [6, 6.07) is 8.87. The van der Waals surface area contributed by atoms with E-state index < -0.39 is 5.97 Å². The first kappa shape index (κ1) is 14.8. The Morgan fingerprint density at radius 2 is 1.95 bits per heavy atom. The standard InChI is InChI=1S/C16H17NO4/c1-11(18)13-8-14(17(2)9-13)16(19)21-10-12-6-4-5-7-15(12)20-3/h4-9H,10H2,1-3H3. The Morgan fingerprint density at radius 3 is 2.57 bits per heavy atom. The highest BCUT2D eigenvalue weighted by molar-refractivity contribution is 5.97. The summed E-state index contributed by atoms with van der Waals surface area (Å²) in [5, 5.41) is 0. The van der Waals surface area contributed by atoms with E-state index >= 15 is 0 Å². The van der Waals surface area contributed by atoms with Gasteiger partial charge in [-0.25, -0.2) is 4.79 Å². The molecule has 0 spiro atoms. The van der Waals surface area contributed by atoms with Crippen LogP contribution in [0, 0.1) is 0 Å². The van der Waals surface area contributed by atoms with Gasteiger partial charge in [-0.3, -0.25) is 4.79 Å². The molecular weight excluding hydrogens is 270 g/mol. The quantitative estimate of drug-likeness (QED) is 0.626. The number of para-hydroxylation sites is 1. The Balaban J connectivity index is 2.10. The van der Waals surface area contributed by atoms with Crippen LogP contribution in [0.25, 0.3) is 0 Å². The number of carbonyl (C=O) groups excluding carboxylic acids is 2. The maximum atomic E-state index is 12.1. The molecule has 1 heterocycles. The van der Waals surface area contributed by atoms with E-state index in [9.17, 15) is 9.59 Å². The summed E-state index contributed by atoms with van der Waals surface area (Å²) in [5.74, 6) is 0.104. The number of ether oxygens (including phenoxy) is 2. The fourth-order valence-electron chi connectivity index (χ4n) is 2.00. The Labute approximate surface area is 123 Å². The third kappa shape index (κ3) is 3.31. The molecule has 2 rings (SSSR count). The van der Waals surface area contributed by atoms with Crippen LogP contribution in [0.3, 0.4) is 0 Å². The first-order valence-corrected chi connectivity index (χ1v) is 6.49. The lowest BCUT2D eigenvalue weighted by Gasteiger charge is -2.09. The fraction of sp³-hybridized carbons (Fsp3) is 0.250. The summed E-state index contributed by atoms with van der Waals surface area (Å²) in [4.78, 5) is 23.4. The number of Topliss-reactive ketones (excluding diaryl/α,β-unsaturated/α-hetero) is 1. The molecule has 1 aromatic heterocycles. The first-order valence-electron chi connectivity index (χ1n) is 6.49. The van der Waals surface area contributed by atoms with Crippen LogP contribution >= 0.6 is 0 Å². The number of carbonyl (C=O) groups is 2. The molecule has 0 fully saturated rings. The highest BCUT2D eigenvalue weighted by Gasteiger charge is 2.15. The number of hydrogen-bond donors (Lipinski definition) is 0. The van der Waals surface area contributed by atoms with Crippen molar-refractivity contribution in [3.8, 4) is 5.75 Å². The molecule has 1 aromatic carbocycles. The van der Waals surface area contributed by atoms with Crippen LogP contribution in [0.1, 0.15) is 33.3 Å². The summed E-state index contributed by atoms with van der Waals surface area (Å²) in [6.45, 7) is 1.57. The van der Waals surface area contributed by atoms with E-state index in [1.807, 2.05) is 18.2 Å². The van der Waals surface area contributed by atoms with Crippen molar-refractivity contribution in [2.75, 3.05) is 7.11 Å². The highest BCUT2D eigenvalue weighted by atomic mass is 16.5. The van der Waals surface area contributed by atoms with Crippen molar-refractivity contribution in [2.45, 2.75) is 13.5 Å². The third-order valence-electron chi connectivity index (χ3n) is 3.17. The van der Waals surface area contributed by atoms with Crippen molar-refractivity contribution < 1.29 is 19.1 Å². The molecule has 0 aliphatic carbocycles. The second kappa shape index (κ2) is 6.26. The minimum absolute atomic E-state index is 0.0885. The molecule has 0 saturated carbocycles. The summed E-state index contributed by atoms with van der Waals surface area (Å²) in [7, 11) is 3.27. The zero-order valence-corrected chi connectivity index (χ0v) is 12.3. The number of aryl methyl sites for hydroxylation is 1. The zero-order valence-electron chi connectivity index (χ0n) is 12.3. The summed E-state index contributed by atoms with van der Waals surface area (Å²) >= 11 is 0. The predicted molar refractivity (Wildman–Crippen MR) is 77.5 cm³/mol. The molecule has 0 amide bonds. The van der Waals surface area contributed by atoms with Gasteiger partial charge in [-0.05, 0) is 19.1 Å². The molecule has 0 radical (unpaired) electrons. The number of nitrogens with zero attached hydrogens (tertiary/aromatic N) is 1. The smallest absolute Gasteiger partial charge is 0.355 e. The van der Waals surface area contributed by atoms with E-state index in [2.05, 4.69) is 0 Å². The molecular formula is C16H17NO4. The number of ketones is 1. The molecule has 0 aliphatic rings. The van der Waals surface area contributed by atoms with Crippen molar-refractivity contribution in [3.63, 3.8) is 0 Å². The normalized spacial score (nSPS) is 10.2. The van der Waals surface area contributed by atoms with Crippen LogP contribution in [-0.4, -0.2) is 23.4 Å². The van der Waals surface area contributed by atoms with E-state index in [-0.39, 0.29) is 12.4 Å². The van der Waals surface area contributed by atoms with E-state index in [0.717, 1.165) is 5.56 Å². The van der Waals surface area contributed by atoms with Crippen molar-refractivity contribution in [1.29, 1.82) is 0 Å². The lowest BCUT2D eigenvalue weighted by Crippen LogP contribution is -2.09. The second-order valence-corrected chi connectivity index (χ2v) is 4.67. The third-order valence-corrected chi connectivity index (χ3v) is 3.17. The Morgan fingerprint density at radius 1 is 1.24 bits per heavy atom. The van der Waals surface area contributed by atoms with E-state index in [1.54, 1.807) is 31.0 Å². The lowest BCUT2D eigenvalue weighted by molar-refractivity contribution is 0.0459. The van der Waals surface area contributed by atoms with Gasteiger partial charge in [0.1, 0.15) is 18.1 Å². The van der Waals surface area contributed by atoms with Crippen molar-refractivity contribution in [3.05, 3.63) is 53.3 Å². The molecule has 0 aliphatic heterocycles. The van der Waals surface area contributed by atoms with E-state index in [1.165, 1.54) is 13.0 Å². The van der Waals surface area contributed by atoms with Gasteiger partial charge in [0, 0.05) is 24.4 Å². The lowest BCUT2D eigenvalue weighted by atomic mass is 10.2. The number of methoxy groups -OCH3 is 1. The van der Waals surface area contributed by atoms with E-state index in [0.29, 0.717) is 17.0 Å². The van der Waals surface area contributed by atoms with Crippen LogP contribution in [0.5, 0.6) is 5.75 Å². The van der Waals surface area contributed by atoms with Crippen molar-refractivity contribution in [1.82, 2.24) is 4.57 Å². The molecule has 5 nitrogen and oxygen atoms in total. The second-order valence-electron chi connectivity index (χ2n) is 4.67. The Kier molecular flexibility index (Phi) is 4.42. The molecule has 0 bridgehead atoms. The molecule has 0 atom stereocenters. The van der Waals surface area contributed by atoms with Crippen LogP contribution in [0.4, 0.5) is 0 Å². The molecule has 21 heavy (non-hydrogen) atoms. The molecule has 0 N–H and O–H groups in total. The van der Waals surface area contributed by atoms with Gasteiger partial charge in [-0.15, -0.1) is 0 Å². The number of esters is 1. The average molecular weight is 287 g/mol. The minimum atomic E-state index is -0.476. The summed E-state index contributed by atoms with van der Waals surface area (Å²) < 4.78 is 12.1. The zero-order chi connectivity index (χ0) is 15.4.